The predicted molar refractivity (Wildman–Crippen MR) is 102 cm³/mol. The van der Waals surface area contributed by atoms with Crippen molar-refractivity contribution in [2.24, 2.45) is 23.2 Å². The largest absolute Gasteiger partial charge is 0.461 e. The van der Waals surface area contributed by atoms with Crippen LogP contribution in [0.15, 0.2) is 28.7 Å². The molecule has 4 nitrogen and oxygen atoms in total. The van der Waals surface area contributed by atoms with Crippen LogP contribution < -0.4 is 5.32 Å². The summed E-state index contributed by atoms with van der Waals surface area (Å²) in [6, 6.07) is 7.69. The highest BCUT2D eigenvalue weighted by atomic mass is 79.9. The van der Waals surface area contributed by atoms with Crippen molar-refractivity contribution in [2.75, 3.05) is 6.54 Å². The number of esters is 1. The molecule has 5 rings (SSSR count). The molecule has 0 atom stereocenters. The number of carbonyl (C=O) groups excluding carboxylic acids is 2. The molecule has 4 fully saturated rings. The predicted octanol–water partition coefficient (Wildman–Crippen LogP) is 4.22. The number of amides is 1. The van der Waals surface area contributed by atoms with Crippen molar-refractivity contribution >= 4 is 27.8 Å². The quantitative estimate of drug-likeness (QED) is 0.702. The van der Waals surface area contributed by atoms with Crippen LogP contribution in [0.25, 0.3) is 0 Å². The molecule has 4 saturated carbocycles. The molecule has 26 heavy (non-hydrogen) atoms. The number of hydrogen-bond acceptors (Lipinski definition) is 3. The van der Waals surface area contributed by atoms with Crippen LogP contribution in [0.3, 0.4) is 0 Å². The molecule has 0 spiro atoms. The van der Waals surface area contributed by atoms with Gasteiger partial charge in [0, 0.05) is 22.0 Å². The minimum absolute atomic E-state index is 0.145. The maximum absolute atomic E-state index is 12.8. The molecule has 0 heterocycles. The zero-order valence-electron chi connectivity index (χ0n) is 15.0. The number of rotatable bonds is 6. The van der Waals surface area contributed by atoms with E-state index in [-0.39, 0.29) is 30.3 Å². The second-order valence-electron chi connectivity index (χ2n) is 8.46. The Bertz CT molecular complexity index is 667. The van der Waals surface area contributed by atoms with Gasteiger partial charge >= 0.3 is 5.97 Å². The fourth-order valence-corrected chi connectivity index (χ4v) is 6.10. The van der Waals surface area contributed by atoms with Gasteiger partial charge in [-0.05, 0) is 62.3 Å². The highest BCUT2D eigenvalue weighted by Gasteiger charge is 2.54. The van der Waals surface area contributed by atoms with E-state index in [1.54, 1.807) is 0 Å². The van der Waals surface area contributed by atoms with Crippen molar-refractivity contribution in [3.8, 4) is 0 Å². The number of ether oxygens (including phenoxy) is 1. The van der Waals surface area contributed by atoms with Crippen LogP contribution in [0, 0.1) is 23.2 Å². The zero-order valence-corrected chi connectivity index (χ0v) is 16.6. The summed E-state index contributed by atoms with van der Waals surface area (Å²) in [5.74, 6) is 2.16. The second-order valence-corrected chi connectivity index (χ2v) is 9.31. The van der Waals surface area contributed by atoms with E-state index in [2.05, 4.69) is 21.2 Å². The lowest BCUT2D eigenvalue weighted by Gasteiger charge is -2.55. The number of carbonyl (C=O) groups is 2. The Morgan fingerprint density at radius 3 is 2.31 bits per heavy atom. The normalized spacial score (nSPS) is 31.7. The van der Waals surface area contributed by atoms with E-state index in [4.69, 9.17) is 4.74 Å². The standard InChI is InChI=1S/C21H26BrNO3/c22-18-4-2-1-3-17(18)13-26-19(24)5-6-23-20(25)21-10-14-7-15(11-21)9-16(8-14)12-21/h1-4,14-16H,5-13H2,(H,23,25). The first-order valence-electron chi connectivity index (χ1n) is 9.71. The highest BCUT2D eigenvalue weighted by Crippen LogP contribution is 2.60. The lowest BCUT2D eigenvalue weighted by molar-refractivity contribution is -0.147. The summed E-state index contributed by atoms with van der Waals surface area (Å²) in [6.07, 6.45) is 7.37. The molecule has 1 N–H and O–H groups in total. The number of hydrogen-bond donors (Lipinski definition) is 1. The number of benzene rings is 1. The smallest absolute Gasteiger partial charge is 0.307 e. The van der Waals surface area contributed by atoms with Crippen LogP contribution in [0.2, 0.25) is 0 Å². The average molecular weight is 420 g/mol. The Hall–Kier alpha value is -1.36. The maximum atomic E-state index is 12.8. The molecule has 4 aliphatic carbocycles. The molecule has 0 aromatic heterocycles. The molecule has 140 valence electrons. The molecular formula is C21H26BrNO3. The SMILES string of the molecule is O=C(CCNC(=O)C12CC3CC(CC(C3)C1)C2)OCc1ccccc1Br. The first-order chi connectivity index (χ1) is 12.5. The van der Waals surface area contributed by atoms with Crippen molar-refractivity contribution in [1.82, 2.24) is 5.32 Å². The van der Waals surface area contributed by atoms with E-state index in [1.165, 1.54) is 19.3 Å². The van der Waals surface area contributed by atoms with Crippen LogP contribution in [-0.2, 0) is 20.9 Å². The molecule has 4 aliphatic rings. The van der Waals surface area contributed by atoms with Crippen molar-refractivity contribution in [3.63, 3.8) is 0 Å². The van der Waals surface area contributed by atoms with Gasteiger partial charge in [-0.2, -0.15) is 0 Å². The minimum atomic E-state index is -0.272. The lowest BCUT2D eigenvalue weighted by atomic mass is 9.49. The van der Waals surface area contributed by atoms with E-state index in [9.17, 15) is 9.59 Å². The molecule has 5 heteroatoms. The molecule has 0 radical (unpaired) electrons. The Morgan fingerprint density at radius 1 is 1.08 bits per heavy atom. The Morgan fingerprint density at radius 2 is 1.69 bits per heavy atom. The first kappa shape index (κ1) is 18.0. The van der Waals surface area contributed by atoms with Gasteiger partial charge in [-0.25, -0.2) is 0 Å². The van der Waals surface area contributed by atoms with Gasteiger partial charge in [0.15, 0.2) is 0 Å². The Balaban J connectivity index is 1.23. The third kappa shape index (κ3) is 3.68. The summed E-state index contributed by atoms with van der Waals surface area (Å²) in [4.78, 5) is 24.8. The molecule has 1 amide bonds. The molecule has 0 unspecified atom stereocenters. The zero-order chi connectivity index (χ0) is 18.1. The van der Waals surface area contributed by atoms with Gasteiger partial charge in [0.1, 0.15) is 6.61 Å². The fraction of sp³-hybridized carbons (Fsp3) is 0.619. The molecule has 4 bridgehead atoms. The Kier molecular flexibility index (Phi) is 5.09. The summed E-state index contributed by atoms with van der Waals surface area (Å²) in [5, 5.41) is 3.03. The molecule has 1 aromatic rings. The molecule has 1 aromatic carbocycles. The van der Waals surface area contributed by atoms with Crippen LogP contribution in [0.5, 0.6) is 0 Å². The van der Waals surface area contributed by atoms with Gasteiger partial charge in [-0.15, -0.1) is 0 Å². The summed E-state index contributed by atoms with van der Waals surface area (Å²) in [6.45, 7) is 0.624. The first-order valence-corrected chi connectivity index (χ1v) is 10.5. The van der Waals surface area contributed by atoms with Gasteiger partial charge in [0.05, 0.1) is 6.42 Å². The molecule has 0 saturated heterocycles. The minimum Gasteiger partial charge on any atom is -0.461 e. The van der Waals surface area contributed by atoms with Gasteiger partial charge in [-0.1, -0.05) is 34.1 Å². The monoisotopic (exact) mass is 419 g/mol. The van der Waals surface area contributed by atoms with Crippen molar-refractivity contribution in [2.45, 2.75) is 51.6 Å². The van der Waals surface area contributed by atoms with Gasteiger partial charge in [-0.3, -0.25) is 9.59 Å². The fourth-order valence-electron chi connectivity index (χ4n) is 5.70. The van der Waals surface area contributed by atoms with E-state index >= 15 is 0 Å². The Labute approximate surface area is 163 Å². The summed E-state index contributed by atoms with van der Waals surface area (Å²) in [7, 11) is 0. The van der Waals surface area contributed by atoms with Crippen LogP contribution in [0.4, 0.5) is 0 Å². The average Bonchev–Trinajstić information content (AvgIpc) is 2.60. The number of halogens is 1. The second kappa shape index (κ2) is 7.34. The van der Waals surface area contributed by atoms with Gasteiger partial charge in [0.2, 0.25) is 5.91 Å². The summed E-state index contributed by atoms with van der Waals surface area (Å²) >= 11 is 3.45. The van der Waals surface area contributed by atoms with Crippen molar-refractivity contribution in [1.29, 1.82) is 0 Å². The topological polar surface area (TPSA) is 55.4 Å². The van der Waals surface area contributed by atoms with Crippen molar-refractivity contribution in [3.05, 3.63) is 34.3 Å². The molecule has 0 aliphatic heterocycles. The van der Waals surface area contributed by atoms with E-state index in [0.29, 0.717) is 6.54 Å². The third-order valence-electron chi connectivity index (χ3n) is 6.48. The van der Waals surface area contributed by atoms with Crippen LogP contribution >= 0.6 is 15.9 Å². The third-order valence-corrected chi connectivity index (χ3v) is 7.25. The van der Waals surface area contributed by atoms with Crippen LogP contribution in [0.1, 0.15) is 50.5 Å². The maximum Gasteiger partial charge on any atom is 0.307 e. The molecular weight excluding hydrogens is 394 g/mol. The van der Waals surface area contributed by atoms with Crippen molar-refractivity contribution < 1.29 is 14.3 Å². The van der Waals surface area contributed by atoms with E-state index in [1.807, 2.05) is 24.3 Å². The highest BCUT2D eigenvalue weighted by molar-refractivity contribution is 9.10. The van der Waals surface area contributed by atoms with E-state index in [0.717, 1.165) is 47.1 Å². The van der Waals surface area contributed by atoms with Gasteiger partial charge in [0.25, 0.3) is 0 Å². The van der Waals surface area contributed by atoms with Gasteiger partial charge < -0.3 is 10.1 Å². The summed E-state index contributed by atoms with van der Waals surface area (Å²) in [5.41, 5.74) is 0.798. The van der Waals surface area contributed by atoms with Crippen LogP contribution in [-0.4, -0.2) is 18.4 Å². The summed E-state index contributed by atoms with van der Waals surface area (Å²) < 4.78 is 6.25. The van der Waals surface area contributed by atoms with E-state index < -0.39 is 0 Å². The number of nitrogens with one attached hydrogen (secondary N) is 1. The lowest BCUT2D eigenvalue weighted by Crippen LogP contribution is -2.53.